The molecule has 1 rings (SSSR count). The number of halogens is 3. The molecule has 2 nitrogen and oxygen atoms in total. The van der Waals surface area contributed by atoms with E-state index < -0.39 is 11.1 Å². The van der Waals surface area contributed by atoms with E-state index in [9.17, 15) is 9.18 Å². The van der Waals surface area contributed by atoms with E-state index in [-0.39, 0.29) is 18.1 Å². The second-order valence-corrected chi connectivity index (χ2v) is 1.98. The number of aromatic nitrogens is 1. The lowest BCUT2D eigenvalue weighted by Gasteiger charge is -1.89. The highest BCUT2D eigenvalue weighted by Crippen LogP contribution is 2.00. The minimum absolute atomic E-state index is 0. The summed E-state index contributed by atoms with van der Waals surface area (Å²) in [5, 5.41) is -0.681. The van der Waals surface area contributed by atoms with Crippen LogP contribution in [0.15, 0.2) is 18.3 Å². The van der Waals surface area contributed by atoms with Crippen LogP contribution in [0.1, 0.15) is 10.5 Å². The Morgan fingerprint density at radius 3 is 2.55 bits per heavy atom. The third-order valence-electron chi connectivity index (χ3n) is 0.929. The van der Waals surface area contributed by atoms with Crippen LogP contribution in [0.25, 0.3) is 0 Å². The molecule has 0 N–H and O–H groups in total. The van der Waals surface area contributed by atoms with Crippen LogP contribution in [0.4, 0.5) is 4.39 Å². The third-order valence-corrected chi connectivity index (χ3v) is 1.12. The molecule has 0 saturated heterocycles. The van der Waals surface area contributed by atoms with Gasteiger partial charge in [0.15, 0.2) is 0 Å². The molecular formula is C6H4Cl2FNO. The molecule has 0 bridgehead atoms. The molecule has 0 radical (unpaired) electrons. The maximum Gasteiger partial charge on any atom is 0.270 e. The van der Waals surface area contributed by atoms with Crippen LogP contribution < -0.4 is 0 Å². The zero-order chi connectivity index (χ0) is 7.56. The Hall–Kier alpha value is -0.670. The van der Waals surface area contributed by atoms with Crippen LogP contribution in [0.2, 0.25) is 0 Å². The Morgan fingerprint density at radius 1 is 1.55 bits per heavy atom. The molecule has 1 aromatic rings. The summed E-state index contributed by atoms with van der Waals surface area (Å²) in [6.45, 7) is 0. The fourth-order valence-electron chi connectivity index (χ4n) is 0.492. The summed E-state index contributed by atoms with van der Waals surface area (Å²) in [4.78, 5) is 13.8. The van der Waals surface area contributed by atoms with Crippen molar-refractivity contribution < 1.29 is 9.18 Å². The van der Waals surface area contributed by atoms with Gasteiger partial charge >= 0.3 is 0 Å². The van der Waals surface area contributed by atoms with Crippen molar-refractivity contribution in [3.05, 3.63) is 29.8 Å². The zero-order valence-corrected chi connectivity index (χ0v) is 6.82. The molecule has 0 aliphatic rings. The summed E-state index contributed by atoms with van der Waals surface area (Å²) in [6.07, 6.45) is 0.940. The number of hydrogen-bond acceptors (Lipinski definition) is 2. The summed E-state index contributed by atoms with van der Waals surface area (Å²) in [6, 6.07) is 2.35. The van der Waals surface area contributed by atoms with Crippen LogP contribution in [0.3, 0.4) is 0 Å². The standard InChI is InChI=1S/C6H3ClFNO.ClH/c7-6(10)5-2-1-4(8)3-9-5;/h1-3H;1H. The van der Waals surface area contributed by atoms with Gasteiger partial charge < -0.3 is 0 Å². The molecule has 60 valence electrons. The van der Waals surface area contributed by atoms with E-state index in [1.807, 2.05) is 0 Å². The lowest BCUT2D eigenvalue weighted by atomic mass is 10.4. The number of hydrogen-bond donors (Lipinski definition) is 0. The van der Waals surface area contributed by atoms with Crippen LogP contribution in [-0.4, -0.2) is 10.2 Å². The average Bonchev–Trinajstić information content (AvgIpc) is 1.88. The minimum Gasteiger partial charge on any atom is -0.274 e. The van der Waals surface area contributed by atoms with E-state index in [2.05, 4.69) is 4.98 Å². The molecule has 0 saturated carbocycles. The van der Waals surface area contributed by atoms with Gasteiger partial charge in [0.25, 0.3) is 5.24 Å². The molecule has 11 heavy (non-hydrogen) atoms. The summed E-state index contributed by atoms with van der Waals surface area (Å²) < 4.78 is 12.1. The number of carbonyl (C=O) groups is 1. The van der Waals surface area contributed by atoms with Gasteiger partial charge in [-0.1, -0.05) is 0 Å². The van der Waals surface area contributed by atoms with E-state index in [0.717, 1.165) is 12.3 Å². The zero-order valence-electron chi connectivity index (χ0n) is 5.25. The molecule has 0 aliphatic carbocycles. The molecule has 0 aromatic carbocycles. The highest BCUT2D eigenvalue weighted by Gasteiger charge is 2.01. The van der Waals surface area contributed by atoms with E-state index in [1.54, 1.807) is 0 Å². The Labute approximate surface area is 73.8 Å². The maximum atomic E-state index is 12.1. The van der Waals surface area contributed by atoms with Crippen molar-refractivity contribution in [1.29, 1.82) is 0 Å². The average molecular weight is 196 g/mol. The Balaban J connectivity index is 0.000001000. The van der Waals surface area contributed by atoms with Crippen LogP contribution in [0, 0.1) is 5.82 Å². The van der Waals surface area contributed by atoms with Gasteiger partial charge in [-0.2, -0.15) is 0 Å². The normalized spacial score (nSPS) is 8.55. The SMILES string of the molecule is Cl.O=C(Cl)c1ccc(F)cn1. The summed E-state index contributed by atoms with van der Waals surface area (Å²) >= 11 is 5.03. The van der Waals surface area contributed by atoms with Gasteiger partial charge in [0.2, 0.25) is 0 Å². The molecule has 0 aliphatic heterocycles. The molecule has 1 aromatic heterocycles. The fourth-order valence-corrected chi connectivity index (χ4v) is 0.604. The molecule has 0 spiro atoms. The first-order valence-electron chi connectivity index (χ1n) is 2.51. The number of nitrogens with zero attached hydrogens (tertiary/aromatic N) is 1. The quantitative estimate of drug-likeness (QED) is 0.643. The topological polar surface area (TPSA) is 30.0 Å². The fraction of sp³-hybridized carbons (Fsp3) is 0. The molecule has 1 heterocycles. The van der Waals surface area contributed by atoms with Gasteiger partial charge in [-0.05, 0) is 23.7 Å². The van der Waals surface area contributed by atoms with Gasteiger partial charge in [0, 0.05) is 0 Å². The molecule has 0 unspecified atom stereocenters. The number of rotatable bonds is 1. The van der Waals surface area contributed by atoms with Gasteiger partial charge in [0.05, 0.1) is 6.20 Å². The lowest BCUT2D eigenvalue weighted by Crippen LogP contribution is -1.92. The van der Waals surface area contributed by atoms with Crippen molar-refractivity contribution in [2.24, 2.45) is 0 Å². The first-order valence-corrected chi connectivity index (χ1v) is 2.89. The van der Waals surface area contributed by atoms with Crippen molar-refractivity contribution in [3.8, 4) is 0 Å². The monoisotopic (exact) mass is 195 g/mol. The summed E-state index contributed by atoms with van der Waals surface area (Å²) in [5.74, 6) is -0.485. The molecule has 5 heteroatoms. The Kier molecular flexibility index (Phi) is 4.00. The summed E-state index contributed by atoms with van der Waals surface area (Å²) in [5.41, 5.74) is 0.0584. The molecule has 0 atom stereocenters. The van der Waals surface area contributed by atoms with E-state index >= 15 is 0 Å². The van der Waals surface area contributed by atoms with E-state index in [1.165, 1.54) is 6.07 Å². The molecule has 0 fully saturated rings. The van der Waals surface area contributed by atoms with Crippen molar-refractivity contribution in [1.82, 2.24) is 4.98 Å². The van der Waals surface area contributed by atoms with Crippen LogP contribution in [0.5, 0.6) is 0 Å². The summed E-state index contributed by atoms with van der Waals surface area (Å²) in [7, 11) is 0. The second-order valence-electron chi connectivity index (χ2n) is 1.64. The highest BCUT2D eigenvalue weighted by molar-refractivity contribution is 6.67. The predicted molar refractivity (Wildman–Crippen MR) is 41.6 cm³/mol. The first kappa shape index (κ1) is 10.3. The highest BCUT2D eigenvalue weighted by atomic mass is 35.5. The predicted octanol–water partition coefficient (Wildman–Crippen LogP) is 2.02. The second kappa shape index (κ2) is 4.26. The smallest absolute Gasteiger partial charge is 0.270 e. The van der Waals surface area contributed by atoms with Crippen LogP contribution >= 0.6 is 24.0 Å². The van der Waals surface area contributed by atoms with Gasteiger partial charge in [-0.3, -0.25) is 4.79 Å². The first-order chi connectivity index (χ1) is 4.70. The molecular weight excluding hydrogens is 192 g/mol. The minimum atomic E-state index is -0.681. The van der Waals surface area contributed by atoms with Gasteiger partial charge in [0.1, 0.15) is 11.5 Å². The number of carbonyl (C=O) groups excluding carboxylic acids is 1. The van der Waals surface area contributed by atoms with Crippen LogP contribution in [-0.2, 0) is 0 Å². The van der Waals surface area contributed by atoms with Crippen molar-refractivity contribution in [2.45, 2.75) is 0 Å². The largest absolute Gasteiger partial charge is 0.274 e. The third kappa shape index (κ3) is 2.82. The van der Waals surface area contributed by atoms with Gasteiger partial charge in [-0.15, -0.1) is 12.4 Å². The van der Waals surface area contributed by atoms with Crippen molar-refractivity contribution in [3.63, 3.8) is 0 Å². The lowest BCUT2D eigenvalue weighted by molar-refractivity contribution is 0.107. The van der Waals surface area contributed by atoms with Crippen molar-refractivity contribution >= 4 is 29.3 Å². The van der Waals surface area contributed by atoms with Gasteiger partial charge in [-0.25, -0.2) is 9.37 Å². The maximum absolute atomic E-state index is 12.1. The number of pyridine rings is 1. The van der Waals surface area contributed by atoms with Crippen molar-refractivity contribution in [2.75, 3.05) is 0 Å². The Bertz CT molecular complexity index is 249. The molecule has 0 amide bonds. The Morgan fingerprint density at radius 2 is 2.18 bits per heavy atom. The van der Waals surface area contributed by atoms with E-state index in [0.29, 0.717) is 0 Å². The van der Waals surface area contributed by atoms with E-state index in [4.69, 9.17) is 11.6 Å².